The molecule has 0 bridgehead atoms. The molecule has 144 valence electrons. The van der Waals surface area contributed by atoms with Crippen LogP contribution in [0.5, 0.6) is 5.75 Å². The zero-order valence-corrected chi connectivity index (χ0v) is 17.0. The summed E-state index contributed by atoms with van der Waals surface area (Å²) in [4.78, 5) is 17.2. The van der Waals surface area contributed by atoms with Crippen molar-refractivity contribution in [2.75, 3.05) is 31.1 Å². The number of hydrogen-bond donors (Lipinski definition) is 0. The van der Waals surface area contributed by atoms with Gasteiger partial charge < -0.3 is 14.5 Å². The molecule has 0 unspecified atom stereocenters. The number of piperazine rings is 1. The zero-order valence-electron chi connectivity index (χ0n) is 16.2. The Bertz CT molecular complexity index is 801. The molecule has 0 N–H and O–H groups in total. The van der Waals surface area contributed by atoms with Gasteiger partial charge in [0.25, 0.3) is 5.91 Å². The number of halogens is 1. The van der Waals surface area contributed by atoms with Gasteiger partial charge in [0.05, 0.1) is 0 Å². The number of carbonyl (C=O) groups is 1. The molecule has 4 nitrogen and oxygen atoms in total. The van der Waals surface area contributed by atoms with E-state index in [0.717, 1.165) is 35.1 Å². The Morgan fingerprint density at radius 3 is 2.48 bits per heavy atom. The van der Waals surface area contributed by atoms with E-state index >= 15 is 0 Å². The van der Waals surface area contributed by atoms with Crippen molar-refractivity contribution >= 4 is 23.2 Å². The molecule has 3 rings (SSSR count). The van der Waals surface area contributed by atoms with Gasteiger partial charge >= 0.3 is 0 Å². The number of anilines is 1. The summed E-state index contributed by atoms with van der Waals surface area (Å²) in [6, 6.07) is 13.8. The minimum absolute atomic E-state index is 0.0733. The fourth-order valence-corrected chi connectivity index (χ4v) is 3.56. The second kappa shape index (κ2) is 8.66. The second-order valence-electron chi connectivity index (χ2n) is 7.00. The second-order valence-corrected chi connectivity index (χ2v) is 7.44. The third-order valence-electron chi connectivity index (χ3n) is 5.24. The van der Waals surface area contributed by atoms with E-state index in [2.05, 4.69) is 24.0 Å². The number of nitrogens with zero attached hydrogens (tertiary/aromatic N) is 2. The molecule has 1 aliphatic rings. The van der Waals surface area contributed by atoms with Crippen LogP contribution in [0.4, 0.5) is 5.69 Å². The molecule has 0 saturated carbocycles. The van der Waals surface area contributed by atoms with Gasteiger partial charge in [-0.25, -0.2) is 0 Å². The lowest BCUT2D eigenvalue weighted by molar-refractivity contribution is -0.139. The van der Waals surface area contributed by atoms with Crippen LogP contribution < -0.4 is 9.64 Å². The first-order valence-electron chi connectivity index (χ1n) is 9.51. The summed E-state index contributed by atoms with van der Waals surface area (Å²) in [5.74, 6) is 0.872. The van der Waals surface area contributed by atoms with Crippen molar-refractivity contribution in [3.63, 3.8) is 0 Å². The first-order chi connectivity index (χ1) is 13.0. The van der Waals surface area contributed by atoms with Crippen molar-refractivity contribution < 1.29 is 9.53 Å². The first-order valence-corrected chi connectivity index (χ1v) is 9.89. The highest BCUT2D eigenvalue weighted by Gasteiger charge is 2.28. The third kappa shape index (κ3) is 4.56. The number of carbonyl (C=O) groups excluding carboxylic acids is 1. The van der Waals surface area contributed by atoms with Crippen LogP contribution in [-0.4, -0.2) is 43.1 Å². The molecule has 1 atom stereocenters. The Hall–Kier alpha value is -2.20. The Morgan fingerprint density at radius 2 is 1.81 bits per heavy atom. The van der Waals surface area contributed by atoms with Crippen LogP contribution in [0.25, 0.3) is 0 Å². The monoisotopic (exact) mass is 386 g/mol. The van der Waals surface area contributed by atoms with Gasteiger partial charge in [0.1, 0.15) is 5.75 Å². The summed E-state index contributed by atoms with van der Waals surface area (Å²) in [6.45, 7) is 9.07. The molecule has 0 spiro atoms. The maximum absolute atomic E-state index is 13.0. The normalized spacial score (nSPS) is 15.6. The molecular formula is C22H27ClN2O2. The summed E-state index contributed by atoms with van der Waals surface area (Å²) >= 11 is 6.10. The maximum Gasteiger partial charge on any atom is 0.263 e. The SMILES string of the molecule is CC[C@@H](Oc1cccc(C)c1C)C(=O)N1CCN(c2cccc(Cl)c2)CC1. The number of amides is 1. The molecule has 1 saturated heterocycles. The highest BCUT2D eigenvalue weighted by atomic mass is 35.5. The Balaban J connectivity index is 1.62. The summed E-state index contributed by atoms with van der Waals surface area (Å²) in [5, 5.41) is 0.735. The Morgan fingerprint density at radius 1 is 1.11 bits per heavy atom. The number of hydrogen-bond acceptors (Lipinski definition) is 3. The van der Waals surface area contributed by atoms with Crippen LogP contribution >= 0.6 is 11.6 Å². The van der Waals surface area contributed by atoms with Crippen LogP contribution in [0.1, 0.15) is 24.5 Å². The van der Waals surface area contributed by atoms with E-state index in [4.69, 9.17) is 16.3 Å². The van der Waals surface area contributed by atoms with Gasteiger partial charge in [-0.3, -0.25) is 4.79 Å². The van der Waals surface area contributed by atoms with Crippen molar-refractivity contribution in [1.82, 2.24) is 4.90 Å². The van der Waals surface area contributed by atoms with E-state index in [-0.39, 0.29) is 5.91 Å². The van der Waals surface area contributed by atoms with Gasteiger partial charge in [-0.2, -0.15) is 0 Å². The van der Waals surface area contributed by atoms with Crippen molar-refractivity contribution in [1.29, 1.82) is 0 Å². The highest BCUT2D eigenvalue weighted by Crippen LogP contribution is 2.24. The molecule has 0 aliphatic carbocycles. The fourth-order valence-electron chi connectivity index (χ4n) is 3.37. The molecule has 0 aromatic heterocycles. The average molecular weight is 387 g/mol. The number of benzene rings is 2. The van der Waals surface area contributed by atoms with Gasteiger partial charge in [-0.15, -0.1) is 0 Å². The van der Waals surface area contributed by atoms with Crippen LogP contribution in [0, 0.1) is 13.8 Å². The zero-order chi connectivity index (χ0) is 19.4. The lowest BCUT2D eigenvalue weighted by Crippen LogP contribution is -2.52. The fraction of sp³-hybridized carbons (Fsp3) is 0.409. The number of rotatable bonds is 5. The molecule has 0 radical (unpaired) electrons. The average Bonchev–Trinajstić information content (AvgIpc) is 2.69. The van der Waals surface area contributed by atoms with Crippen molar-refractivity contribution in [3.05, 3.63) is 58.6 Å². The number of aryl methyl sites for hydroxylation is 1. The van der Waals surface area contributed by atoms with Crippen molar-refractivity contribution in [2.45, 2.75) is 33.3 Å². The van der Waals surface area contributed by atoms with E-state index in [1.807, 2.05) is 49.1 Å². The molecule has 1 heterocycles. The van der Waals surface area contributed by atoms with E-state index in [9.17, 15) is 4.79 Å². The molecule has 2 aromatic carbocycles. The Kier molecular flexibility index (Phi) is 6.27. The van der Waals surface area contributed by atoms with E-state index < -0.39 is 6.10 Å². The van der Waals surface area contributed by atoms with Crippen LogP contribution in [0.15, 0.2) is 42.5 Å². The van der Waals surface area contributed by atoms with Gasteiger partial charge in [0.15, 0.2) is 6.10 Å². The van der Waals surface area contributed by atoms with Gasteiger partial charge in [-0.1, -0.05) is 36.7 Å². The highest BCUT2D eigenvalue weighted by molar-refractivity contribution is 6.30. The van der Waals surface area contributed by atoms with Gasteiger partial charge in [0.2, 0.25) is 0 Å². The summed E-state index contributed by atoms with van der Waals surface area (Å²) in [6.07, 6.45) is 0.212. The van der Waals surface area contributed by atoms with Crippen LogP contribution in [-0.2, 0) is 4.79 Å². The van der Waals surface area contributed by atoms with Gasteiger partial charge in [0, 0.05) is 36.9 Å². The predicted octanol–water partition coefficient (Wildman–Crippen LogP) is 4.46. The molecule has 1 aliphatic heterocycles. The van der Waals surface area contributed by atoms with Crippen molar-refractivity contribution in [3.8, 4) is 5.75 Å². The molecule has 27 heavy (non-hydrogen) atoms. The topological polar surface area (TPSA) is 32.8 Å². The standard InChI is InChI=1S/C22H27ClN2O2/c1-4-20(27-21-10-5-7-16(2)17(21)3)22(26)25-13-11-24(12-14-25)19-9-6-8-18(23)15-19/h5-10,15,20H,4,11-14H2,1-3H3/t20-/m1/s1. The lowest BCUT2D eigenvalue weighted by Gasteiger charge is -2.37. The van der Waals surface area contributed by atoms with E-state index in [0.29, 0.717) is 19.5 Å². The first kappa shape index (κ1) is 19.6. The largest absolute Gasteiger partial charge is 0.480 e. The quantitative estimate of drug-likeness (QED) is 0.760. The smallest absolute Gasteiger partial charge is 0.263 e. The summed E-state index contributed by atoms with van der Waals surface area (Å²) in [7, 11) is 0. The molecular weight excluding hydrogens is 360 g/mol. The minimum Gasteiger partial charge on any atom is -0.480 e. The summed E-state index contributed by atoms with van der Waals surface area (Å²) in [5.41, 5.74) is 3.37. The molecule has 1 fully saturated rings. The lowest BCUT2D eigenvalue weighted by atomic mass is 10.1. The van der Waals surface area contributed by atoms with E-state index in [1.165, 1.54) is 5.56 Å². The summed E-state index contributed by atoms with van der Waals surface area (Å²) < 4.78 is 6.10. The Labute approximate surface area is 166 Å². The van der Waals surface area contributed by atoms with E-state index in [1.54, 1.807) is 0 Å². The predicted molar refractivity (Wildman–Crippen MR) is 111 cm³/mol. The van der Waals surface area contributed by atoms with Crippen LogP contribution in [0.3, 0.4) is 0 Å². The van der Waals surface area contributed by atoms with Crippen LogP contribution in [0.2, 0.25) is 5.02 Å². The molecule has 1 amide bonds. The maximum atomic E-state index is 13.0. The molecule has 2 aromatic rings. The minimum atomic E-state index is -0.441. The van der Waals surface area contributed by atoms with Gasteiger partial charge in [-0.05, 0) is 55.7 Å². The van der Waals surface area contributed by atoms with Crippen molar-refractivity contribution in [2.24, 2.45) is 0 Å². The third-order valence-corrected chi connectivity index (χ3v) is 5.47. The molecule has 5 heteroatoms. The number of ether oxygens (including phenoxy) is 1.